The van der Waals surface area contributed by atoms with Crippen molar-refractivity contribution < 1.29 is 14.3 Å². The van der Waals surface area contributed by atoms with Crippen molar-refractivity contribution in [2.75, 3.05) is 12.5 Å². The Hall–Kier alpha value is -0.770. The monoisotopic (exact) mass is 207 g/mol. The predicted molar refractivity (Wildman–Crippen MR) is 49.6 cm³/mol. The molecule has 4 nitrogen and oxygen atoms in total. The lowest BCUT2D eigenvalue weighted by Gasteiger charge is -2.14. The van der Waals surface area contributed by atoms with Crippen molar-refractivity contribution >= 4 is 23.5 Å². The van der Waals surface area contributed by atoms with Crippen molar-refractivity contribution in [3.63, 3.8) is 0 Å². The molecule has 0 radical (unpaired) electrons. The number of carbonyl (C=O) groups excluding carboxylic acids is 2. The molecule has 0 unspecified atom stereocenters. The van der Waals surface area contributed by atoms with E-state index in [1.807, 2.05) is 0 Å². The first-order valence-corrected chi connectivity index (χ1v) is 4.65. The lowest BCUT2D eigenvalue weighted by atomic mass is 10.2. The van der Waals surface area contributed by atoms with Crippen LogP contribution in [0.5, 0.6) is 0 Å². The maximum Gasteiger partial charge on any atom is 0.328 e. The van der Waals surface area contributed by atoms with Crippen LogP contribution in [0.2, 0.25) is 0 Å². The van der Waals surface area contributed by atoms with Gasteiger partial charge in [0.2, 0.25) is 5.91 Å². The SMILES string of the molecule is CCOC(=O)[C@H](CCCl)NC(C)=O. The Bertz CT molecular complexity index is 184. The first kappa shape index (κ1) is 12.2. The van der Waals surface area contributed by atoms with Crippen molar-refractivity contribution in [2.24, 2.45) is 0 Å². The minimum absolute atomic E-state index is 0.261. The predicted octanol–water partition coefficient (Wildman–Crippen LogP) is 0.683. The summed E-state index contributed by atoms with van der Waals surface area (Å²) >= 11 is 5.46. The fourth-order valence-electron chi connectivity index (χ4n) is 0.846. The number of nitrogens with one attached hydrogen (secondary N) is 1. The summed E-state index contributed by atoms with van der Waals surface area (Å²) in [7, 11) is 0. The first-order chi connectivity index (χ1) is 6.11. The number of alkyl halides is 1. The molecule has 0 aromatic heterocycles. The fourth-order valence-corrected chi connectivity index (χ4v) is 1.06. The molecule has 1 N–H and O–H groups in total. The summed E-state index contributed by atoms with van der Waals surface area (Å²) in [5, 5.41) is 2.47. The summed E-state index contributed by atoms with van der Waals surface area (Å²) in [5.74, 6) is -0.384. The van der Waals surface area contributed by atoms with Crippen LogP contribution in [0.4, 0.5) is 0 Å². The fraction of sp³-hybridized carbons (Fsp3) is 0.750. The van der Waals surface area contributed by atoms with Gasteiger partial charge in [-0.05, 0) is 13.3 Å². The molecule has 0 aromatic carbocycles. The summed E-state index contributed by atoms with van der Waals surface area (Å²) in [6.07, 6.45) is 0.389. The number of hydrogen-bond donors (Lipinski definition) is 1. The average molecular weight is 208 g/mol. The Labute approximate surface area is 82.6 Å². The lowest BCUT2D eigenvalue weighted by molar-refractivity contribution is -0.147. The van der Waals surface area contributed by atoms with Gasteiger partial charge in [-0.3, -0.25) is 4.79 Å². The molecule has 0 saturated heterocycles. The average Bonchev–Trinajstić information content (AvgIpc) is 2.03. The summed E-state index contributed by atoms with van der Waals surface area (Å²) in [6, 6.07) is -0.616. The van der Waals surface area contributed by atoms with E-state index in [-0.39, 0.29) is 5.91 Å². The first-order valence-electron chi connectivity index (χ1n) is 4.11. The number of carbonyl (C=O) groups is 2. The number of ether oxygens (including phenoxy) is 1. The molecule has 0 rings (SSSR count). The molecule has 0 aromatic rings. The molecular formula is C8H14ClNO3. The Balaban J connectivity index is 4.06. The topological polar surface area (TPSA) is 55.4 Å². The van der Waals surface area contributed by atoms with Crippen LogP contribution < -0.4 is 5.32 Å². The third kappa shape index (κ3) is 5.47. The summed E-state index contributed by atoms with van der Waals surface area (Å²) in [5.41, 5.74) is 0. The van der Waals surface area contributed by atoms with Gasteiger partial charge in [-0.25, -0.2) is 4.79 Å². The highest BCUT2D eigenvalue weighted by Gasteiger charge is 2.19. The third-order valence-corrected chi connectivity index (χ3v) is 1.56. The van der Waals surface area contributed by atoms with E-state index in [9.17, 15) is 9.59 Å². The molecule has 0 fully saturated rings. The molecular weight excluding hydrogens is 194 g/mol. The molecule has 0 aliphatic heterocycles. The van der Waals surface area contributed by atoms with E-state index in [2.05, 4.69) is 5.32 Å². The van der Waals surface area contributed by atoms with Crippen molar-refractivity contribution in [1.29, 1.82) is 0 Å². The van der Waals surface area contributed by atoms with Gasteiger partial charge in [0.1, 0.15) is 6.04 Å². The normalized spacial score (nSPS) is 11.9. The van der Waals surface area contributed by atoms with E-state index in [0.29, 0.717) is 18.9 Å². The Morgan fingerprint density at radius 1 is 1.54 bits per heavy atom. The molecule has 76 valence electrons. The zero-order valence-electron chi connectivity index (χ0n) is 7.80. The molecule has 0 spiro atoms. The minimum atomic E-state index is -0.616. The molecule has 1 atom stereocenters. The number of amides is 1. The van der Waals surface area contributed by atoms with Crippen molar-refractivity contribution in [1.82, 2.24) is 5.32 Å². The van der Waals surface area contributed by atoms with E-state index in [1.54, 1.807) is 6.92 Å². The van der Waals surface area contributed by atoms with E-state index in [1.165, 1.54) is 6.92 Å². The largest absolute Gasteiger partial charge is 0.464 e. The highest BCUT2D eigenvalue weighted by Crippen LogP contribution is 1.97. The number of rotatable bonds is 5. The molecule has 13 heavy (non-hydrogen) atoms. The zero-order valence-corrected chi connectivity index (χ0v) is 8.56. The molecule has 5 heteroatoms. The molecule has 0 aliphatic rings. The van der Waals surface area contributed by atoms with Crippen LogP contribution in [0.1, 0.15) is 20.3 Å². The van der Waals surface area contributed by atoms with Gasteiger partial charge in [-0.1, -0.05) is 0 Å². The van der Waals surface area contributed by atoms with E-state index >= 15 is 0 Å². The van der Waals surface area contributed by atoms with Gasteiger partial charge in [-0.15, -0.1) is 11.6 Å². The second-order valence-corrected chi connectivity index (χ2v) is 2.86. The van der Waals surface area contributed by atoms with Crippen LogP contribution in [0, 0.1) is 0 Å². The third-order valence-electron chi connectivity index (χ3n) is 1.35. The van der Waals surface area contributed by atoms with Crippen LogP contribution in [-0.2, 0) is 14.3 Å². The van der Waals surface area contributed by atoms with E-state index in [0.717, 1.165) is 0 Å². The van der Waals surface area contributed by atoms with Gasteiger partial charge >= 0.3 is 5.97 Å². The summed E-state index contributed by atoms with van der Waals surface area (Å²) in [4.78, 5) is 21.8. The maximum atomic E-state index is 11.2. The van der Waals surface area contributed by atoms with Crippen molar-refractivity contribution in [2.45, 2.75) is 26.3 Å². The Kier molecular flexibility index (Phi) is 6.32. The van der Waals surface area contributed by atoms with Crippen molar-refractivity contribution in [3.8, 4) is 0 Å². The van der Waals surface area contributed by atoms with Crippen LogP contribution in [0.25, 0.3) is 0 Å². The highest BCUT2D eigenvalue weighted by atomic mass is 35.5. The summed E-state index contributed by atoms with van der Waals surface area (Å²) in [6.45, 7) is 3.36. The van der Waals surface area contributed by atoms with Crippen LogP contribution >= 0.6 is 11.6 Å². The molecule has 1 amide bonds. The van der Waals surface area contributed by atoms with E-state index in [4.69, 9.17) is 16.3 Å². The van der Waals surface area contributed by atoms with Gasteiger partial charge in [-0.2, -0.15) is 0 Å². The van der Waals surface area contributed by atoms with Gasteiger partial charge < -0.3 is 10.1 Å². The van der Waals surface area contributed by atoms with Crippen LogP contribution in [0.3, 0.4) is 0 Å². The standard InChI is InChI=1S/C8H14ClNO3/c1-3-13-8(12)7(4-5-9)10-6(2)11/h7H,3-5H2,1-2H3,(H,10,11)/t7-/m0/s1. The summed E-state index contributed by atoms with van der Waals surface area (Å²) < 4.78 is 4.75. The van der Waals surface area contributed by atoms with Gasteiger partial charge in [0.25, 0.3) is 0 Å². The van der Waals surface area contributed by atoms with Gasteiger partial charge in [0, 0.05) is 12.8 Å². The molecule has 0 bridgehead atoms. The van der Waals surface area contributed by atoms with Crippen molar-refractivity contribution in [3.05, 3.63) is 0 Å². The number of esters is 1. The number of hydrogen-bond acceptors (Lipinski definition) is 3. The molecule has 0 aliphatic carbocycles. The zero-order chi connectivity index (χ0) is 10.3. The van der Waals surface area contributed by atoms with Gasteiger partial charge in [0.05, 0.1) is 6.61 Å². The Morgan fingerprint density at radius 3 is 2.54 bits per heavy atom. The second kappa shape index (κ2) is 6.71. The molecule has 0 saturated carbocycles. The smallest absolute Gasteiger partial charge is 0.328 e. The number of halogens is 1. The van der Waals surface area contributed by atoms with E-state index < -0.39 is 12.0 Å². The van der Waals surface area contributed by atoms with Gasteiger partial charge in [0.15, 0.2) is 0 Å². The van der Waals surface area contributed by atoms with Crippen LogP contribution in [-0.4, -0.2) is 30.4 Å². The molecule has 0 heterocycles. The second-order valence-electron chi connectivity index (χ2n) is 2.48. The quantitative estimate of drug-likeness (QED) is 0.533. The maximum absolute atomic E-state index is 11.2. The van der Waals surface area contributed by atoms with Crippen LogP contribution in [0.15, 0.2) is 0 Å². The Morgan fingerprint density at radius 2 is 2.15 bits per heavy atom. The highest BCUT2D eigenvalue weighted by molar-refractivity contribution is 6.18. The lowest BCUT2D eigenvalue weighted by Crippen LogP contribution is -2.41. The minimum Gasteiger partial charge on any atom is -0.464 e.